The van der Waals surface area contributed by atoms with E-state index in [-0.39, 0.29) is 0 Å². The summed E-state index contributed by atoms with van der Waals surface area (Å²) < 4.78 is 3.86. The molecule has 1 aliphatic carbocycles. The lowest BCUT2D eigenvalue weighted by Gasteiger charge is -2.13. The Hall–Kier alpha value is -3.41. The number of hydrogen-bond donors (Lipinski definition) is 1. The highest BCUT2D eigenvalue weighted by molar-refractivity contribution is 5.70. The Morgan fingerprint density at radius 3 is 2.93 bits per heavy atom. The molecule has 6 heteroatoms. The number of imidazole rings is 1. The summed E-state index contributed by atoms with van der Waals surface area (Å²) in [6.07, 6.45) is 14.4. The van der Waals surface area contributed by atoms with Crippen LogP contribution in [-0.2, 0) is 26.3 Å². The molecule has 0 saturated heterocycles. The van der Waals surface area contributed by atoms with Crippen molar-refractivity contribution in [2.45, 2.75) is 25.3 Å². The fraction of sp³-hybridized carbons (Fsp3) is 0.227. The van der Waals surface area contributed by atoms with E-state index in [1.54, 1.807) is 4.68 Å². The molecular weight excluding hydrogens is 348 g/mol. The van der Waals surface area contributed by atoms with Crippen molar-refractivity contribution in [1.82, 2.24) is 24.1 Å². The fourth-order valence-corrected chi connectivity index (χ4v) is 4.05. The SMILES string of the molecule is C=CCc1ccc2c(c1)CC(Nc1nccn3c(-c4cnn(C)c4)cnc13)C2. The second-order valence-electron chi connectivity index (χ2n) is 7.36. The summed E-state index contributed by atoms with van der Waals surface area (Å²) in [6, 6.07) is 7.09. The Labute approximate surface area is 163 Å². The number of rotatable bonds is 5. The van der Waals surface area contributed by atoms with Gasteiger partial charge in [-0.1, -0.05) is 24.3 Å². The molecule has 1 atom stereocenters. The van der Waals surface area contributed by atoms with Crippen LogP contribution in [-0.4, -0.2) is 30.2 Å². The summed E-state index contributed by atoms with van der Waals surface area (Å²) >= 11 is 0. The lowest BCUT2D eigenvalue weighted by molar-refractivity contribution is 0.768. The van der Waals surface area contributed by atoms with Crippen molar-refractivity contribution in [1.29, 1.82) is 0 Å². The van der Waals surface area contributed by atoms with Gasteiger partial charge in [0, 0.05) is 37.2 Å². The highest BCUT2D eigenvalue weighted by Crippen LogP contribution is 2.28. The molecule has 1 aliphatic rings. The van der Waals surface area contributed by atoms with E-state index in [2.05, 4.69) is 49.6 Å². The van der Waals surface area contributed by atoms with Gasteiger partial charge in [0.15, 0.2) is 11.5 Å². The van der Waals surface area contributed by atoms with Crippen molar-refractivity contribution in [2.24, 2.45) is 7.05 Å². The summed E-state index contributed by atoms with van der Waals surface area (Å²) in [7, 11) is 1.92. The Kier molecular flexibility index (Phi) is 3.97. The van der Waals surface area contributed by atoms with Crippen molar-refractivity contribution >= 4 is 11.5 Å². The Balaban J connectivity index is 1.42. The molecule has 0 spiro atoms. The number of anilines is 1. The van der Waals surface area contributed by atoms with E-state index in [1.165, 1.54) is 16.7 Å². The maximum atomic E-state index is 4.62. The van der Waals surface area contributed by atoms with Gasteiger partial charge in [-0.2, -0.15) is 5.10 Å². The number of aryl methyl sites for hydroxylation is 1. The lowest BCUT2D eigenvalue weighted by atomic mass is 10.0. The van der Waals surface area contributed by atoms with E-state index in [9.17, 15) is 0 Å². The zero-order chi connectivity index (χ0) is 19.1. The number of fused-ring (bicyclic) bond motifs is 2. The predicted molar refractivity (Wildman–Crippen MR) is 110 cm³/mol. The van der Waals surface area contributed by atoms with Crippen molar-refractivity contribution in [2.75, 3.05) is 5.32 Å². The third-order valence-electron chi connectivity index (χ3n) is 5.35. The third-order valence-corrected chi connectivity index (χ3v) is 5.35. The number of aromatic nitrogens is 5. The van der Waals surface area contributed by atoms with Crippen LogP contribution in [0.1, 0.15) is 16.7 Å². The van der Waals surface area contributed by atoms with E-state index >= 15 is 0 Å². The topological polar surface area (TPSA) is 60.0 Å². The average molecular weight is 370 g/mol. The molecule has 5 rings (SSSR count). The molecule has 4 aromatic rings. The fourth-order valence-electron chi connectivity index (χ4n) is 4.05. The van der Waals surface area contributed by atoms with E-state index in [4.69, 9.17) is 0 Å². The second kappa shape index (κ2) is 6.64. The number of nitrogens with zero attached hydrogens (tertiary/aromatic N) is 5. The van der Waals surface area contributed by atoms with Gasteiger partial charge in [-0.3, -0.25) is 9.08 Å². The van der Waals surface area contributed by atoms with Gasteiger partial charge < -0.3 is 5.32 Å². The second-order valence-corrected chi connectivity index (χ2v) is 7.36. The molecule has 0 saturated carbocycles. The third kappa shape index (κ3) is 2.87. The van der Waals surface area contributed by atoms with Gasteiger partial charge in [0.05, 0.1) is 18.1 Å². The maximum absolute atomic E-state index is 4.62. The zero-order valence-corrected chi connectivity index (χ0v) is 15.8. The summed E-state index contributed by atoms with van der Waals surface area (Å²) in [6.45, 7) is 3.84. The van der Waals surface area contributed by atoms with Gasteiger partial charge in [-0.25, -0.2) is 9.97 Å². The molecule has 1 aromatic carbocycles. The Morgan fingerprint density at radius 2 is 2.11 bits per heavy atom. The molecule has 0 amide bonds. The summed E-state index contributed by atoms with van der Waals surface area (Å²) in [5.41, 5.74) is 7.04. The Bertz CT molecular complexity index is 1170. The maximum Gasteiger partial charge on any atom is 0.180 e. The van der Waals surface area contributed by atoms with Crippen LogP contribution >= 0.6 is 0 Å². The monoisotopic (exact) mass is 370 g/mol. The van der Waals surface area contributed by atoms with Crippen molar-refractivity contribution < 1.29 is 0 Å². The van der Waals surface area contributed by atoms with Crippen LogP contribution in [0.15, 0.2) is 61.8 Å². The minimum atomic E-state index is 0.325. The van der Waals surface area contributed by atoms with E-state index in [0.29, 0.717) is 6.04 Å². The number of nitrogens with one attached hydrogen (secondary N) is 1. The molecule has 0 bridgehead atoms. The van der Waals surface area contributed by atoms with Crippen LogP contribution in [0.2, 0.25) is 0 Å². The molecule has 3 aromatic heterocycles. The van der Waals surface area contributed by atoms with E-state index in [1.807, 2.05) is 44.1 Å². The van der Waals surface area contributed by atoms with Crippen LogP contribution in [0, 0.1) is 0 Å². The van der Waals surface area contributed by atoms with Crippen LogP contribution in [0.3, 0.4) is 0 Å². The van der Waals surface area contributed by atoms with Crippen LogP contribution in [0.25, 0.3) is 16.9 Å². The highest BCUT2D eigenvalue weighted by atomic mass is 15.2. The van der Waals surface area contributed by atoms with Crippen molar-refractivity contribution in [3.05, 3.63) is 78.5 Å². The molecule has 6 nitrogen and oxygen atoms in total. The highest BCUT2D eigenvalue weighted by Gasteiger charge is 2.23. The first-order chi connectivity index (χ1) is 13.7. The van der Waals surface area contributed by atoms with Gasteiger partial charge in [-0.15, -0.1) is 6.58 Å². The first-order valence-corrected chi connectivity index (χ1v) is 9.50. The minimum absolute atomic E-state index is 0.325. The quantitative estimate of drug-likeness (QED) is 0.547. The lowest BCUT2D eigenvalue weighted by Crippen LogP contribution is -2.20. The summed E-state index contributed by atoms with van der Waals surface area (Å²) in [5, 5.41) is 7.88. The first kappa shape index (κ1) is 16.7. The molecule has 0 radical (unpaired) electrons. The van der Waals surface area contributed by atoms with Gasteiger partial charge in [0.2, 0.25) is 0 Å². The molecule has 1 unspecified atom stereocenters. The first-order valence-electron chi connectivity index (χ1n) is 9.50. The summed E-state index contributed by atoms with van der Waals surface area (Å²) in [5.74, 6) is 0.821. The molecule has 1 N–H and O–H groups in total. The Morgan fingerprint density at radius 1 is 1.21 bits per heavy atom. The van der Waals surface area contributed by atoms with Gasteiger partial charge >= 0.3 is 0 Å². The normalized spacial score (nSPS) is 15.7. The molecule has 3 heterocycles. The predicted octanol–water partition coefficient (Wildman–Crippen LogP) is 3.44. The molecular formula is C22H22N6. The van der Waals surface area contributed by atoms with Crippen LogP contribution in [0.5, 0.6) is 0 Å². The molecule has 140 valence electrons. The molecule has 28 heavy (non-hydrogen) atoms. The minimum Gasteiger partial charge on any atom is -0.364 e. The average Bonchev–Trinajstić information content (AvgIpc) is 3.39. The largest absolute Gasteiger partial charge is 0.364 e. The van der Waals surface area contributed by atoms with E-state index < -0.39 is 0 Å². The van der Waals surface area contributed by atoms with Gasteiger partial charge in [0.25, 0.3) is 0 Å². The molecule has 0 fully saturated rings. The summed E-state index contributed by atoms with van der Waals surface area (Å²) in [4.78, 5) is 9.19. The van der Waals surface area contributed by atoms with Gasteiger partial charge in [-0.05, 0) is 36.0 Å². The smallest absolute Gasteiger partial charge is 0.180 e. The number of hydrogen-bond acceptors (Lipinski definition) is 4. The molecule has 0 aliphatic heterocycles. The van der Waals surface area contributed by atoms with E-state index in [0.717, 1.165) is 42.0 Å². The number of benzene rings is 1. The van der Waals surface area contributed by atoms with Gasteiger partial charge in [0.1, 0.15) is 0 Å². The number of allylic oxidation sites excluding steroid dienone is 1. The van der Waals surface area contributed by atoms with Crippen LogP contribution < -0.4 is 5.32 Å². The standard InChI is InChI=1S/C22H22N6/c1-3-4-15-5-6-16-10-19(11-17(16)9-15)26-21-22-24-13-20(28(22)8-7-23-21)18-12-25-27(2)14-18/h3,5-9,12-14,19H,1,4,10-11H2,2H3,(H,23,26). The van der Waals surface area contributed by atoms with Crippen molar-refractivity contribution in [3.8, 4) is 11.3 Å². The zero-order valence-electron chi connectivity index (χ0n) is 15.8. The van der Waals surface area contributed by atoms with Crippen LogP contribution in [0.4, 0.5) is 5.82 Å². The van der Waals surface area contributed by atoms with Crippen molar-refractivity contribution in [3.63, 3.8) is 0 Å².